The molecule has 1 unspecified atom stereocenters. The number of nitrogens with one attached hydrogen (secondary N) is 1. The number of morpholine rings is 1. The molecule has 2 rings (SSSR count). The quantitative estimate of drug-likeness (QED) is 0.768. The van der Waals surface area contributed by atoms with Crippen molar-refractivity contribution in [2.45, 2.75) is 38.8 Å². The van der Waals surface area contributed by atoms with Crippen LogP contribution in [0.15, 0.2) is 0 Å². The molecule has 2 heterocycles. The normalized spacial score (nSPS) is 29.8. The summed E-state index contributed by atoms with van der Waals surface area (Å²) in [5.41, 5.74) is 0. The third-order valence-electron chi connectivity index (χ3n) is 3.36. The summed E-state index contributed by atoms with van der Waals surface area (Å²) < 4.78 is 5.40. The Bertz CT molecular complexity index is 204. The van der Waals surface area contributed by atoms with E-state index in [-0.39, 0.29) is 0 Å². The van der Waals surface area contributed by atoms with Crippen LogP contribution in [-0.4, -0.2) is 61.5 Å². The zero-order valence-corrected chi connectivity index (χ0v) is 10.6. The molecule has 0 saturated carbocycles. The molecule has 0 amide bonds. The van der Waals surface area contributed by atoms with Gasteiger partial charge in [-0.05, 0) is 12.8 Å². The van der Waals surface area contributed by atoms with E-state index in [1.165, 1.54) is 19.4 Å². The fourth-order valence-electron chi connectivity index (χ4n) is 2.66. The summed E-state index contributed by atoms with van der Waals surface area (Å²) in [5.74, 6) is 0. The molecule has 94 valence electrons. The van der Waals surface area contributed by atoms with E-state index in [9.17, 15) is 0 Å². The van der Waals surface area contributed by atoms with Crippen molar-refractivity contribution in [3.05, 3.63) is 0 Å². The largest absolute Gasteiger partial charge is 0.379 e. The minimum absolute atomic E-state index is 0.592. The summed E-state index contributed by atoms with van der Waals surface area (Å²) in [5, 5.41) is 8.64. The molecule has 2 aliphatic heterocycles. The first kappa shape index (κ1) is 12.3. The van der Waals surface area contributed by atoms with Gasteiger partial charge in [-0.1, -0.05) is 13.8 Å². The van der Waals surface area contributed by atoms with E-state index < -0.39 is 0 Å². The van der Waals surface area contributed by atoms with E-state index in [2.05, 4.69) is 29.2 Å². The lowest BCUT2D eigenvalue weighted by molar-refractivity contribution is -0.103. The summed E-state index contributed by atoms with van der Waals surface area (Å²) in [6.45, 7) is 10.7. The van der Waals surface area contributed by atoms with Crippen LogP contribution < -0.4 is 5.32 Å². The first-order chi connectivity index (χ1) is 7.75. The van der Waals surface area contributed by atoms with Crippen LogP contribution in [0.5, 0.6) is 0 Å². The summed E-state index contributed by atoms with van der Waals surface area (Å²) in [7, 11) is 0. The van der Waals surface area contributed by atoms with Crippen LogP contribution in [0.1, 0.15) is 26.7 Å². The average Bonchev–Trinajstić information content (AvgIpc) is 2.30. The second-order valence-corrected chi connectivity index (χ2v) is 5.14. The standard InChI is InChI=1S/C12H25N3O/c1-11(2)13-12-4-3-5-15(10-12)14-6-8-16-9-7-14/h11-13H,3-10H2,1-2H3. The molecule has 2 saturated heterocycles. The Morgan fingerprint density at radius 2 is 1.88 bits per heavy atom. The smallest absolute Gasteiger partial charge is 0.0608 e. The molecular weight excluding hydrogens is 202 g/mol. The van der Waals surface area contributed by atoms with Crippen LogP contribution in [0.25, 0.3) is 0 Å². The molecular formula is C12H25N3O. The number of hydrogen-bond acceptors (Lipinski definition) is 4. The molecule has 0 aromatic carbocycles. The Labute approximate surface area is 98.9 Å². The highest BCUT2D eigenvalue weighted by Crippen LogP contribution is 2.14. The molecule has 0 aromatic rings. The predicted octanol–water partition coefficient (Wildman–Crippen LogP) is 0.696. The number of ether oxygens (including phenoxy) is 1. The van der Waals surface area contributed by atoms with Crippen LogP contribution >= 0.6 is 0 Å². The molecule has 1 N–H and O–H groups in total. The van der Waals surface area contributed by atoms with Gasteiger partial charge in [-0.3, -0.25) is 0 Å². The molecule has 0 aliphatic carbocycles. The number of nitrogens with zero attached hydrogens (tertiary/aromatic N) is 2. The first-order valence-electron chi connectivity index (χ1n) is 6.59. The third kappa shape index (κ3) is 3.42. The van der Waals surface area contributed by atoms with Crippen LogP contribution in [0.3, 0.4) is 0 Å². The zero-order valence-electron chi connectivity index (χ0n) is 10.6. The maximum absolute atomic E-state index is 5.40. The topological polar surface area (TPSA) is 27.7 Å². The highest BCUT2D eigenvalue weighted by Gasteiger charge is 2.25. The van der Waals surface area contributed by atoms with Crippen LogP contribution in [0.2, 0.25) is 0 Å². The van der Waals surface area contributed by atoms with Gasteiger partial charge in [-0.2, -0.15) is 0 Å². The molecule has 0 bridgehead atoms. The fraction of sp³-hybridized carbons (Fsp3) is 1.00. The van der Waals surface area contributed by atoms with E-state index >= 15 is 0 Å². The second kappa shape index (κ2) is 5.96. The van der Waals surface area contributed by atoms with E-state index in [0.29, 0.717) is 12.1 Å². The number of hydrazine groups is 1. The van der Waals surface area contributed by atoms with Gasteiger partial charge in [0.2, 0.25) is 0 Å². The maximum atomic E-state index is 5.40. The SMILES string of the molecule is CC(C)NC1CCCN(N2CCOCC2)C1. The lowest BCUT2D eigenvalue weighted by Crippen LogP contribution is -2.56. The predicted molar refractivity (Wildman–Crippen MR) is 65.3 cm³/mol. The van der Waals surface area contributed by atoms with Gasteiger partial charge in [0.15, 0.2) is 0 Å². The molecule has 2 fully saturated rings. The lowest BCUT2D eigenvalue weighted by Gasteiger charge is -2.42. The molecule has 4 nitrogen and oxygen atoms in total. The minimum Gasteiger partial charge on any atom is -0.379 e. The van der Waals surface area contributed by atoms with Crippen molar-refractivity contribution in [3.63, 3.8) is 0 Å². The molecule has 0 radical (unpaired) electrons. The van der Waals surface area contributed by atoms with E-state index in [0.717, 1.165) is 32.8 Å². The summed E-state index contributed by atoms with van der Waals surface area (Å²) in [4.78, 5) is 0. The van der Waals surface area contributed by atoms with Gasteiger partial charge in [0.1, 0.15) is 0 Å². The zero-order chi connectivity index (χ0) is 11.4. The molecule has 4 heteroatoms. The van der Waals surface area contributed by atoms with Gasteiger partial charge < -0.3 is 10.1 Å². The van der Waals surface area contributed by atoms with Crippen LogP contribution in [0.4, 0.5) is 0 Å². The molecule has 2 aliphatic rings. The average molecular weight is 227 g/mol. The molecule has 1 atom stereocenters. The highest BCUT2D eigenvalue weighted by atomic mass is 16.5. The summed E-state index contributed by atoms with van der Waals surface area (Å²) in [6.07, 6.45) is 2.63. The van der Waals surface area contributed by atoms with Crippen LogP contribution in [0, 0.1) is 0 Å². The van der Waals surface area contributed by atoms with Crippen LogP contribution in [-0.2, 0) is 4.74 Å². The molecule has 0 aromatic heterocycles. The Kier molecular flexibility index (Phi) is 4.58. The van der Waals surface area contributed by atoms with E-state index in [4.69, 9.17) is 4.74 Å². The molecule has 0 spiro atoms. The summed E-state index contributed by atoms with van der Waals surface area (Å²) >= 11 is 0. The Morgan fingerprint density at radius 3 is 2.56 bits per heavy atom. The fourth-order valence-corrected chi connectivity index (χ4v) is 2.66. The van der Waals surface area contributed by atoms with Crippen molar-refractivity contribution in [3.8, 4) is 0 Å². The van der Waals surface area contributed by atoms with Crippen molar-refractivity contribution in [2.24, 2.45) is 0 Å². The number of piperidine rings is 1. The third-order valence-corrected chi connectivity index (χ3v) is 3.36. The minimum atomic E-state index is 0.592. The van der Waals surface area contributed by atoms with Gasteiger partial charge in [-0.25, -0.2) is 10.0 Å². The van der Waals surface area contributed by atoms with Gasteiger partial charge in [0, 0.05) is 38.3 Å². The van der Waals surface area contributed by atoms with E-state index in [1.54, 1.807) is 0 Å². The van der Waals surface area contributed by atoms with Gasteiger partial charge in [-0.15, -0.1) is 0 Å². The molecule has 16 heavy (non-hydrogen) atoms. The van der Waals surface area contributed by atoms with Crippen molar-refractivity contribution in [1.82, 2.24) is 15.3 Å². The van der Waals surface area contributed by atoms with Gasteiger partial charge in [0.25, 0.3) is 0 Å². The van der Waals surface area contributed by atoms with Gasteiger partial charge >= 0.3 is 0 Å². The van der Waals surface area contributed by atoms with E-state index in [1.807, 2.05) is 0 Å². The monoisotopic (exact) mass is 227 g/mol. The summed E-state index contributed by atoms with van der Waals surface area (Å²) in [6, 6.07) is 1.26. The Balaban J connectivity index is 1.80. The second-order valence-electron chi connectivity index (χ2n) is 5.14. The number of rotatable bonds is 3. The first-order valence-corrected chi connectivity index (χ1v) is 6.59. The van der Waals surface area contributed by atoms with Crippen molar-refractivity contribution < 1.29 is 4.74 Å². The maximum Gasteiger partial charge on any atom is 0.0608 e. The number of hydrogen-bond donors (Lipinski definition) is 1. The lowest BCUT2D eigenvalue weighted by atomic mass is 10.1. The van der Waals surface area contributed by atoms with Crippen molar-refractivity contribution in [1.29, 1.82) is 0 Å². The Morgan fingerprint density at radius 1 is 1.12 bits per heavy atom. The Hall–Kier alpha value is -0.160. The van der Waals surface area contributed by atoms with Crippen molar-refractivity contribution >= 4 is 0 Å². The highest BCUT2D eigenvalue weighted by molar-refractivity contribution is 4.79. The van der Waals surface area contributed by atoms with Gasteiger partial charge in [0.05, 0.1) is 13.2 Å². The van der Waals surface area contributed by atoms with Crippen molar-refractivity contribution in [2.75, 3.05) is 39.4 Å².